The normalized spacial score (nSPS) is 12.8. The molecular formula is C12H16FNO3. The zero-order valence-corrected chi connectivity index (χ0v) is 9.85. The Bertz CT molecular complexity index is 409. The smallest absolute Gasteiger partial charge is 0.317 e. The Morgan fingerprint density at radius 2 is 2.18 bits per heavy atom. The summed E-state index contributed by atoms with van der Waals surface area (Å²) in [7, 11) is 1.60. The summed E-state index contributed by atoms with van der Waals surface area (Å²) < 4.78 is 13.0. The Morgan fingerprint density at radius 3 is 2.71 bits per heavy atom. The van der Waals surface area contributed by atoms with E-state index in [1.807, 2.05) is 0 Å². The first-order chi connectivity index (χ1) is 7.90. The minimum absolute atomic E-state index is 0.142. The minimum atomic E-state index is -0.949. The van der Waals surface area contributed by atoms with Gasteiger partial charge in [-0.1, -0.05) is 12.1 Å². The molecule has 1 rings (SSSR count). The summed E-state index contributed by atoms with van der Waals surface area (Å²) in [5.74, 6) is -1.27. The third kappa shape index (κ3) is 4.13. The van der Waals surface area contributed by atoms with E-state index in [9.17, 15) is 14.3 Å². The average Bonchev–Trinajstić information content (AvgIpc) is 2.20. The molecule has 4 nitrogen and oxygen atoms in total. The summed E-state index contributed by atoms with van der Waals surface area (Å²) in [4.78, 5) is 11.9. The van der Waals surface area contributed by atoms with Crippen molar-refractivity contribution in [1.82, 2.24) is 4.90 Å². The summed E-state index contributed by atoms with van der Waals surface area (Å²) in [6.45, 7) is 1.67. The molecule has 0 aliphatic rings. The molecule has 0 aliphatic heterocycles. The molecule has 0 aromatic heterocycles. The second-order valence-electron chi connectivity index (χ2n) is 4.11. The van der Waals surface area contributed by atoms with Crippen molar-refractivity contribution in [2.75, 3.05) is 20.1 Å². The summed E-state index contributed by atoms with van der Waals surface area (Å²) in [5, 5.41) is 18.4. The third-order valence-electron chi connectivity index (χ3n) is 2.46. The molecule has 17 heavy (non-hydrogen) atoms. The number of hydrogen-bond donors (Lipinski definition) is 2. The number of hydrogen-bond acceptors (Lipinski definition) is 3. The van der Waals surface area contributed by atoms with E-state index in [0.29, 0.717) is 11.1 Å². The molecule has 0 heterocycles. The van der Waals surface area contributed by atoms with Crippen molar-refractivity contribution in [2.24, 2.45) is 0 Å². The first-order valence-corrected chi connectivity index (χ1v) is 5.24. The minimum Gasteiger partial charge on any atom is -0.480 e. The van der Waals surface area contributed by atoms with Gasteiger partial charge in [-0.25, -0.2) is 4.39 Å². The number of carboxylic acid groups (broad SMARTS) is 1. The van der Waals surface area contributed by atoms with Gasteiger partial charge in [0, 0.05) is 6.54 Å². The zero-order valence-electron chi connectivity index (χ0n) is 9.85. The Labute approximate surface area is 99.3 Å². The average molecular weight is 241 g/mol. The van der Waals surface area contributed by atoms with E-state index in [0.717, 1.165) is 0 Å². The van der Waals surface area contributed by atoms with Gasteiger partial charge in [0.1, 0.15) is 5.82 Å². The first kappa shape index (κ1) is 13.6. The molecule has 0 spiro atoms. The summed E-state index contributed by atoms with van der Waals surface area (Å²) >= 11 is 0. The number of benzene rings is 1. The van der Waals surface area contributed by atoms with Crippen LogP contribution in [0.5, 0.6) is 0 Å². The van der Waals surface area contributed by atoms with Crippen LogP contribution in [0, 0.1) is 12.7 Å². The van der Waals surface area contributed by atoms with Crippen LogP contribution in [0.2, 0.25) is 0 Å². The van der Waals surface area contributed by atoms with Gasteiger partial charge in [-0.15, -0.1) is 0 Å². The van der Waals surface area contributed by atoms with Crippen LogP contribution in [0.1, 0.15) is 17.2 Å². The molecule has 5 heteroatoms. The second-order valence-corrected chi connectivity index (χ2v) is 4.11. The first-order valence-electron chi connectivity index (χ1n) is 5.24. The maximum Gasteiger partial charge on any atom is 0.317 e. The van der Waals surface area contributed by atoms with Crippen molar-refractivity contribution in [3.8, 4) is 0 Å². The molecule has 0 bridgehead atoms. The highest BCUT2D eigenvalue weighted by molar-refractivity contribution is 5.69. The van der Waals surface area contributed by atoms with Crippen molar-refractivity contribution in [3.63, 3.8) is 0 Å². The van der Waals surface area contributed by atoms with E-state index >= 15 is 0 Å². The van der Waals surface area contributed by atoms with Crippen molar-refractivity contribution < 1.29 is 19.4 Å². The van der Waals surface area contributed by atoms with Crippen LogP contribution in [0.3, 0.4) is 0 Å². The van der Waals surface area contributed by atoms with Gasteiger partial charge >= 0.3 is 5.97 Å². The summed E-state index contributed by atoms with van der Waals surface area (Å²) in [5.41, 5.74) is 1.04. The SMILES string of the molecule is Cc1cc(C(O)CN(C)CC(=O)O)ccc1F. The van der Waals surface area contributed by atoms with Gasteiger partial charge < -0.3 is 10.2 Å². The Balaban J connectivity index is 2.66. The number of carboxylic acids is 1. The molecule has 0 saturated heterocycles. The van der Waals surface area contributed by atoms with Gasteiger partial charge in [-0.05, 0) is 31.2 Å². The summed E-state index contributed by atoms with van der Waals surface area (Å²) in [6.07, 6.45) is -0.821. The number of aliphatic hydroxyl groups excluding tert-OH is 1. The Morgan fingerprint density at radius 1 is 1.53 bits per heavy atom. The van der Waals surface area contributed by atoms with Crippen LogP contribution in [0.15, 0.2) is 18.2 Å². The maximum absolute atomic E-state index is 13.0. The second kappa shape index (κ2) is 5.75. The largest absolute Gasteiger partial charge is 0.480 e. The number of aliphatic carboxylic acids is 1. The van der Waals surface area contributed by atoms with Crippen LogP contribution in [-0.4, -0.2) is 41.2 Å². The fraction of sp³-hybridized carbons (Fsp3) is 0.417. The number of likely N-dealkylation sites (N-methyl/N-ethyl adjacent to an activating group) is 1. The molecule has 0 radical (unpaired) electrons. The number of halogens is 1. The predicted molar refractivity (Wildman–Crippen MR) is 61.2 cm³/mol. The van der Waals surface area contributed by atoms with Gasteiger partial charge in [0.2, 0.25) is 0 Å². The molecule has 2 N–H and O–H groups in total. The van der Waals surface area contributed by atoms with Gasteiger partial charge in [-0.3, -0.25) is 9.69 Å². The topological polar surface area (TPSA) is 60.8 Å². The van der Waals surface area contributed by atoms with Crippen LogP contribution < -0.4 is 0 Å². The molecule has 0 amide bonds. The van der Waals surface area contributed by atoms with Crippen molar-refractivity contribution in [1.29, 1.82) is 0 Å². The molecule has 94 valence electrons. The molecule has 0 fully saturated rings. The highest BCUT2D eigenvalue weighted by atomic mass is 19.1. The zero-order chi connectivity index (χ0) is 13.0. The van der Waals surface area contributed by atoms with Gasteiger partial charge in [-0.2, -0.15) is 0 Å². The van der Waals surface area contributed by atoms with Crippen molar-refractivity contribution in [3.05, 3.63) is 35.1 Å². The van der Waals surface area contributed by atoms with Gasteiger partial charge in [0.15, 0.2) is 0 Å². The molecule has 1 aromatic carbocycles. The molecule has 0 saturated carbocycles. The molecule has 1 unspecified atom stereocenters. The lowest BCUT2D eigenvalue weighted by molar-refractivity contribution is -0.138. The third-order valence-corrected chi connectivity index (χ3v) is 2.46. The molecular weight excluding hydrogens is 225 g/mol. The number of rotatable bonds is 5. The van der Waals surface area contributed by atoms with E-state index in [2.05, 4.69) is 0 Å². The number of aryl methyl sites for hydroxylation is 1. The van der Waals surface area contributed by atoms with E-state index < -0.39 is 12.1 Å². The predicted octanol–water partition coefficient (Wildman–Crippen LogP) is 1.18. The van der Waals surface area contributed by atoms with E-state index in [1.54, 1.807) is 20.0 Å². The number of nitrogens with zero attached hydrogens (tertiary/aromatic N) is 1. The monoisotopic (exact) mass is 241 g/mol. The highest BCUT2D eigenvalue weighted by Crippen LogP contribution is 2.17. The molecule has 1 aromatic rings. The maximum atomic E-state index is 13.0. The van der Waals surface area contributed by atoms with E-state index in [-0.39, 0.29) is 18.9 Å². The summed E-state index contributed by atoms with van der Waals surface area (Å²) in [6, 6.07) is 4.36. The Kier molecular flexibility index (Phi) is 4.60. The molecule has 1 atom stereocenters. The lowest BCUT2D eigenvalue weighted by atomic mass is 10.1. The van der Waals surface area contributed by atoms with E-state index in [1.165, 1.54) is 17.0 Å². The lowest BCUT2D eigenvalue weighted by Gasteiger charge is -2.19. The Hall–Kier alpha value is -1.46. The fourth-order valence-electron chi connectivity index (χ4n) is 1.57. The van der Waals surface area contributed by atoms with E-state index in [4.69, 9.17) is 5.11 Å². The van der Waals surface area contributed by atoms with Crippen molar-refractivity contribution in [2.45, 2.75) is 13.0 Å². The van der Waals surface area contributed by atoms with Crippen LogP contribution >= 0.6 is 0 Å². The van der Waals surface area contributed by atoms with Crippen molar-refractivity contribution >= 4 is 5.97 Å². The van der Waals surface area contributed by atoms with Crippen LogP contribution in [0.25, 0.3) is 0 Å². The quantitative estimate of drug-likeness (QED) is 0.812. The molecule has 0 aliphatic carbocycles. The fourth-order valence-corrected chi connectivity index (χ4v) is 1.57. The number of aliphatic hydroxyl groups is 1. The number of carbonyl (C=O) groups is 1. The van der Waals surface area contributed by atoms with Gasteiger partial charge in [0.25, 0.3) is 0 Å². The standard InChI is InChI=1S/C12H16FNO3/c1-8-5-9(3-4-10(8)13)11(15)6-14(2)7-12(16)17/h3-5,11,15H,6-7H2,1-2H3,(H,16,17). The lowest BCUT2D eigenvalue weighted by Crippen LogP contribution is -2.29. The van der Waals surface area contributed by atoms with Crippen LogP contribution in [-0.2, 0) is 4.79 Å². The van der Waals surface area contributed by atoms with Gasteiger partial charge in [0.05, 0.1) is 12.6 Å². The van der Waals surface area contributed by atoms with Crippen LogP contribution in [0.4, 0.5) is 4.39 Å². The highest BCUT2D eigenvalue weighted by Gasteiger charge is 2.13.